The SMILES string of the molecule is CN=C(NCCCOCC1CCCO1)NCC(C)Oc1ccccc1. The lowest BCUT2D eigenvalue weighted by Crippen LogP contribution is -2.42. The van der Waals surface area contributed by atoms with Crippen molar-refractivity contribution in [2.45, 2.75) is 38.4 Å². The van der Waals surface area contributed by atoms with E-state index in [0.717, 1.165) is 50.7 Å². The highest BCUT2D eigenvalue weighted by Crippen LogP contribution is 2.12. The van der Waals surface area contributed by atoms with Gasteiger partial charge in [0.25, 0.3) is 0 Å². The minimum absolute atomic E-state index is 0.0516. The molecule has 2 unspecified atom stereocenters. The Bertz CT molecular complexity index is 490. The van der Waals surface area contributed by atoms with Crippen LogP contribution in [0.3, 0.4) is 0 Å². The fourth-order valence-corrected chi connectivity index (χ4v) is 2.61. The van der Waals surface area contributed by atoms with Gasteiger partial charge in [-0.25, -0.2) is 0 Å². The molecule has 0 spiro atoms. The third-order valence-corrected chi connectivity index (χ3v) is 3.95. The lowest BCUT2D eigenvalue weighted by Gasteiger charge is -2.17. The van der Waals surface area contributed by atoms with Crippen molar-refractivity contribution in [1.29, 1.82) is 0 Å². The van der Waals surface area contributed by atoms with E-state index in [0.29, 0.717) is 19.3 Å². The molecular formula is C19H31N3O3. The first-order chi connectivity index (χ1) is 12.3. The van der Waals surface area contributed by atoms with Crippen LogP contribution in [-0.2, 0) is 9.47 Å². The molecule has 0 amide bonds. The molecule has 0 radical (unpaired) electrons. The molecule has 2 N–H and O–H groups in total. The van der Waals surface area contributed by atoms with E-state index in [1.165, 1.54) is 0 Å². The third-order valence-electron chi connectivity index (χ3n) is 3.95. The van der Waals surface area contributed by atoms with Gasteiger partial charge in [0.15, 0.2) is 5.96 Å². The van der Waals surface area contributed by atoms with Crippen LogP contribution < -0.4 is 15.4 Å². The number of rotatable bonds is 10. The summed E-state index contributed by atoms with van der Waals surface area (Å²) in [5.41, 5.74) is 0. The maximum atomic E-state index is 5.84. The zero-order valence-corrected chi connectivity index (χ0v) is 15.4. The van der Waals surface area contributed by atoms with Gasteiger partial charge in [-0.2, -0.15) is 0 Å². The summed E-state index contributed by atoms with van der Waals surface area (Å²) in [7, 11) is 1.77. The number of nitrogens with one attached hydrogen (secondary N) is 2. The molecule has 6 heteroatoms. The van der Waals surface area contributed by atoms with E-state index in [-0.39, 0.29) is 6.10 Å². The Hall–Kier alpha value is -1.79. The van der Waals surface area contributed by atoms with Crippen LogP contribution >= 0.6 is 0 Å². The Labute approximate surface area is 151 Å². The Morgan fingerprint density at radius 3 is 2.88 bits per heavy atom. The molecule has 0 aromatic heterocycles. The summed E-state index contributed by atoms with van der Waals surface area (Å²) in [6.45, 7) is 5.86. The first kappa shape index (κ1) is 19.5. The molecule has 6 nitrogen and oxygen atoms in total. The second-order valence-corrected chi connectivity index (χ2v) is 6.18. The smallest absolute Gasteiger partial charge is 0.191 e. The maximum Gasteiger partial charge on any atom is 0.191 e. The van der Waals surface area contributed by atoms with E-state index in [1.807, 2.05) is 37.3 Å². The summed E-state index contributed by atoms with van der Waals surface area (Å²) in [5, 5.41) is 6.57. The summed E-state index contributed by atoms with van der Waals surface area (Å²) >= 11 is 0. The fourth-order valence-electron chi connectivity index (χ4n) is 2.61. The molecular weight excluding hydrogens is 318 g/mol. The third kappa shape index (κ3) is 8.23. The molecule has 2 atom stereocenters. The van der Waals surface area contributed by atoms with E-state index < -0.39 is 0 Å². The van der Waals surface area contributed by atoms with Crippen molar-refractivity contribution in [2.24, 2.45) is 4.99 Å². The van der Waals surface area contributed by atoms with Crippen molar-refractivity contribution in [2.75, 3.05) is 40.0 Å². The van der Waals surface area contributed by atoms with Gasteiger partial charge < -0.3 is 24.8 Å². The number of aliphatic imine (C=N–C) groups is 1. The van der Waals surface area contributed by atoms with Gasteiger partial charge in [0.05, 0.1) is 19.3 Å². The molecule has 1 fully saturated rings. The number of para-hydroxylation sites is 1. The monoisotopic (exact) mass is 349 g/mol. The average Bonchev–Trinajstić information content (AvgIpc) is 3.15. The highest BCUT2D eigenvalue weighted by atomic mass is 16.5. The predicted octanol–water partition coefficient (Wildman–Crippen LogP) is 2.20. The van der Waals surface area contributed by atoms with Crippen molar-refractivity contribution in [3.05, 3.63) is 30.3 Å². The molecule has 1 saturated heterocycles. The molecule has 0 bridgehead atoms. The van der Waals surface area contributed by atoms with Crippen molar-refractivity contribution in [1.82, 2.24) is 10.6 Å². The Kier molecular flexibility index (Phi) is 9.15. The van der Waals surface area contributed by atoms with Gasteiger partial charge in [-0.15, -0.1) is 0 Å². The highest BCUT2D eigenvalue weighted by molar-refractivity contribution is 5.79. The van der Waals surface area contributed by atoms with E-state index in [9.17, 15) is 0 Å². The number of guanidine groups is 1. The molecule has 1 aromatic carbocycles. The van der Waals surface area contributed by atoms with Crippen molar-refractivity contribution in [3.8, 4) is 5.75 Å². The predicted molar refractivity (Wildman–Crippen MR) is 100 cm³/mol. The summed E-state index contributed by atoms with van der Waals surface area (Å²) in [6, 6.07) is 9.83. The molecule has 140 valence electrons. The van der Waals surface area contributed by atoms with Gasteiger partial charge in [-0.05, 0) is 38.3 Å². The molecule has 1 aromatic rings. The highest BCUT2D eigenvalue weighted by Gasteiger charge is 2.14. The van der Waals surface area contributed by atoms with E-state index in [4.69, 9.17) is 14.2 Å². The van der Waals surface area contributed by atoms with Gasteiger partial charge in [-0.3, -0.25) is 4.99 Å². The molecule has 0 aliphatic carbocycles. The molecule has 1 aliphatic heterocycles. The standard InChI is InChI=1S/C19H31N3O3/c1-16(25-17-8-4-3-5-9-17)14-22-19(20-2)21-11-7-12-23-15-18-10-6-13-24-18/h3-5,8-9,16,18H,6-7,10-15H2,1-2H3,(H2,20,21,22). The Morgan fingerprint density at radius 1 is 1.32 bits per heavy atom. The number of nitrogens with zero attached hydrogens (tertiary/aromatic N) is 1. The van der Waals surface area contributed by atoms with Crippen molar-refractivity contribution < 1.29 is 14.2 Å². The van der Waals surface area contributed by atoms with Crippen LogP contribution in [0.25, 0.3) is 0 Å². The minimum Gasteiger partial charge on any atom is -0.489 e. The number of hydrogen-bond acceptors (Lipinski definition) is 4. The number of hydrogen-bond donors (Lipinski definition) is 2. The topological polar surface area (TPSA) is 64.1 Å². The van der Waals surface area contributed by atoms with Crippen molar-refractivity contribution in [3.63, 3.8) is 0 Å². The molecule has 2 rings (SSSR count). The van der Waals surface area contributed by atoms with Gasteiger partial charge in [0.2, 0.25) is 0 Å². The van der Waals surface area contributed by atoms with Crippen LogP contribution in [0.1, 0.15) is 26.2 Å². The van der Waals surface area contributed by atoms with E-state index >= 15 is 0 Å². The van der Waals surface area contributed by atoms with Crippen LogP contribution in [0.4, 0.5) is 0 Å². The van der Waals surface area contributed by atoms with Crippen LogP contribution in [0, 0.1) is 0 Å². The van der Waals surface area contributed by atoms with Crippen LogP contribution in [0.2, 0.25) is 0 Å². The lowest BCUT2D eigenvalue weighted by molar-refractivity contribution is 0.0168. The number of benzene rings is 1. The summed E-state index contributed by atoms with van der Waals surface area (Å²) in [5.74, 6) is 1.66. The molecule has 1 heterocycles. The lowest BCUT2D eigenvalue weighted by atomic mass is 10.2. The zero-order valence-electron chi connectivity index (χ0n) is 15.4. The second kappa shape index (κ2) is 11.7. The normalized spacial score (nSPS) is 18.8. The van der Waals surface area contributed by atoms with Gasteiger partial charge in [0, 0.05) is 26.8 Å². The quantitative estimate of drug-likeness (QED) is 0.385. The van der Waals surface area contributed by atoms with Gasteiger partial charge in [0.1, 0.15) is 11.9 Å². The van der Waals surface area contributed by atoms with Gasteiger partial charge >= 0.3 is 0 Å². The average molecular weight is 349 g/mol. The van der Waals surface area contributed by atoms with E-state index in [2.05, 4.69) is 15.6 Å². The summed E-state index contributed by atoms with van der Waals surface area (Å²) in [4.78, 5) is 4.23. The van der Waals surface area contributed by atoms with Crippen LogP contribution in [0.5, 0.6) is 5.75 Å². The van der Waals surface area contributed by atoms with Crippen LogP contribution in [-0.4, -0.2) is 58.1 Å². The van der Waals surface area contributed by atoms with Gasteiger partial charge in [-0.1, -0.05) is 18.2 Å². The molecule has 1 aliphatic rings. The van der Waals surface area contributed by atoms with Crippen LogP contribution in [0.15, 0.2) is 35.3 Å². The first-order valence-corrected chi connectivity index (χ1v) is 9.13. The number of ether oxygens (including phenoxy) is 3. The fraction of sp³-hybridized carbons (Fsp3) is 0.632. The largest absolute Gasteiger partial charge is 0.489 e. The summed E-state index contributed by atoms with van der Waals surface area (Å²) < 4.78 is 17.0. The Morgan fingerprint density at radius 2 is 2.16 bits per heavy atom. The first-order valence-electron chi connectivity index (χ1n) is 9.13. The molecule has 0 saturated carbocycles. The summed E-state index contributed by atoms with van der Waals surface area (Å²) in [6.07, 6.45) is 3.56. The zero-order chi connectivity index (χ0) is 17.7. The van der Waals surface area contributed by atoms with E-state index in [1.54, 1.807) is 7.05 Å². The minimum atomic E-state index is 0.0516. The van der Waals surface area contributed by atoms with Crippen molar-refractivity contribution >= 4 is 5.96 Å². The maximum absolute atomic E-state index is 5.84. The Balaban J connectivity index is 1.51. The molecule has 25 heavy (non-hydrogen) atoms. The second-order valence-electron chi connectivity index (χ2n) is 6.18.